The van der Waals surface area contributed by atoms with Gasteiger partial charge in [-0.05, 0) is 13.8 Å². The van der Waals surface area contributed by atoms with Gasteiger partial charge in [-0.25, -0.2) is 5.43 Å². The molecule has 0 radical (unpaired) electrons. The lowest BCUT2D eigenvalue weighted by atomic mass is 10.0. The molecule has 0 atom stereocenters. The summed E-state index contributed by atoms with van der Waals surface area (Å²) in [5.74, 6) is 0. The van der Waals surface area contributed by atoms with Crippen LogP contribution in [0.15, 0.2) is 11.4 Å². The standard InChI is InChI=1S/C8H15N3/c1-8(2)5-7-6(10-8)3-4-9-11-7/h9-11H,3-5H2,1-2H3. The topological polar surface area (TPSA) is 36.1 Å². The lowest BCUT2D eigenvalue weighted by Crippen LogP contribution is -2.36. The van der Waals surface area contributed by atoms with E-state index >= 15 is 0 Å². The molecule has 0 spiro atoms. The van der Waals surface area contributed by atoms with Crippen LogP contribution in [0.5, 0.6) is 0 Å². The summed E-state index contributed by atoms with van der Waals surface area (Å²) in [5.41, 5.74) is 9.35. The Hall–Kier alpha value is -0.700. The Morgan fingerprint density at radius 2 is 2.09 bits per heavy atom. The van der Waals surface area contributed by atoms with Gasteiger partial charge in [0.15, 0.2) is 0 Å². The van der Waals surface area contributed by atoms with Crippen LogP contribution in [0.4, 0.5) is 0 Å². The smallest absolute Gasteiger partial charge is 0.0474 e. The molecule has 3 nitrogen and oxygen atoms in total. The molecule has 0 aliphatic carbocycles. The van der Waals surface area contributed by atoms with Crippen molar-refractivity contribution in [3.63, 3.8) is 0 Å². The summed E-state index contributed by atoms with van der Waals surface area (Å²) in [4.78, 5) is 0. The maximum atomic E-state index is 3.51. The van der Waals surface area contributed by atoms with Gasteiger partial charge in [-0.1, -0.05) is 0 Å². The summed E-state index contributed by atoms with van der Waals surface area (Å²) in [6.07, 6.45) is 2.24. The van der Waals surface area contributed by atoms with E-state index < -0.39 is 0 Å². The molecule has 3 N–H and O–H groups in total. The van der Waals surface area contributed by atoms with Crippen molar-refractivity contribution in [1.82, 2.24) is 16.2 Å². The molecule has 11 heavy (non-hydrogen) atoms. The molecular weight excluding hydrogens is 138 g/mol. The van der Waals surface area contributed by atoms with E-state index in [0.29, 0.717) is 0 Å². The highest BCUT2D eigenvalue weighted by Gasteiger charge is 2.30. The van der Waals surface area contributed by atoms with Gasteiger partial charge in [0.2, 0.25) is 0 Å². The molecule has 2 aliphatic heterocycles. The quantitative estimate of drug-likeness (QED) is 0.473. The summed E-state index contributed by atoms with van der Waals surface area (Å²) in [6.45, 7) is 5.49. The van der Waals surface area contributed by atoms with Gasteiger partial charge in [0.1, 0.15) is 0 Å². The van der Waals surface area contributed by atoms with Crippen molar-refractivity contribution in [3.05, 3.63) is 11.4 Å². The summed E-state index contributed by atoms with van der Waals surface area (Å²) in [6, 6.07) is 0. The predicted molar refractivity (Wildman–Crippen MR) is 44.6 cm³/mol. The molecule has 2 aliphatic rings. The Morgan fingerprint density at radius 3 is 2.82 bits per heavy atom. The summed E-state index contributed by atoms with van der Waals surface area (Å²) in [5, 5.41) is 3.51. The Labute approximate surface area is 67.2 Å². The van der Waals surface area contributed by atoms with Crippen LogP contribution in [0.3, 0.4) is 0 Å². The maximum absolute atomic E-state index is 3.51. The Morgan fingerprint density at radius 1 is 1.27 bits per heavy atom. The van der Waals surface area contributed by atoms with Crippen LogP contribution < -0.4 is 16.2 Å². The maximum Gasteiger partial charge on any atom is 0.0474 e. The van der Waals surface area contributed by atoms with Crippen molar-refractivity contribution in [2.24, 2.45) is 0 Å². The summed E-state index contributed by atoms with van der Waals surface area (Å²) >= 11 is 0. The molecule has 0 saturated carbocycles. The second-order valence-corrected chi connectivity index (χ2v) is 3.94. The average Bonchev–Trinajstić information content (AvgIpc) is 2.21. The highest BCUT2D eigenvalue weighted by Crippen LogP contribution is 2.27. The van der Waals surface area contributed by atoms with Gasteiger partial charge in [-0.3, -0.25) is 0 Å². The van der Waals surface area contributed by atoms with E-state index in [-0.39, 0.29) is 5.54 Å². The van der Waals surface area contributed by atoms with E-state index in [4.69, 9.17) is 0 Å². The third-order valence-corrected chi connectivity index (χ3v) is 2.21. The van der Waals surface area contributed by atoms with Gasteiger partial charge < -0.3 is 10.7 Å². The Bertz CT molecular complexity index is 185. The van der Waals surface area contributed by atoms with Crippen molar-refractivity contribution in [3.8, 4) is 0 Å². The molecular formula is C8H15N3. The van der Waals surface area contributed by atoms with E-state index in [1.807, 2.05) is 0 Å². The first kappa shape index (κ1) is 6.98. The fourth-order valence-electron chi connectivity index (χ4n) is 1.77. The Balaban J connectivity index is 2.16. The minimum atomic E-state index is 0.254. The first-order valence-electron chi connectivity index (χ1n) is 4.16. The lowest BCUT2D eigenvalue weighted by molar-refractivity contribution is 0.458. The third-order valence-electron chi connectivity index (χ3n) is 2.21. The molecule has 0 saturated heterocycles. The normalized spacial score (nSPS) is 27.5. The van der Waals surface area contributed by atoms with Crippen LogP contribution in [0, 0.1) is 0 Å². The van der Waals surface area contributed by atoms with Crippen molar-refractivity contribution < 1.29 is 0 Å². The SMILES string of the molecule is CC1(C)CC2=C(CCNN2)N1. The van der Waals surface area contributed by atoms with Crippen LogP contribution in [0.1, 0.15) is 26.7 Å². The van der Waals surface area contributed by atoms with Crippen molar-refractivity contribution in [1.29, 1.82) is 0 Å². The number of nitrogens with one attached hydrogen (secondary N) is 3. The van der Waals surface area contributed by atoms with Crippen LogP contribution in [0.2, 0.25) is 0 Å². The van der Waals surface area contributed by atoms with Crippen molar-refractivity contribution in [2.45, 2.75) is 32.2 Å². The first-order valence-corrected chi connectivity index (χ1v) is 4.16. The van der Waals surface area contributed by atoms with E-state index in [1.165, 1.54) is 11.4 Å². The highest BCUT2D eigenvalue weighted by atomic mass is 15.4. The molecule has 0 aromatic heterocycles. The molecule has 0 aromatic carbocycles. The van der Waals surface area contributed by atoms with E-state index in [0.717, 1.165) is 19.4 Å². The molecule has 0 fully saturated rings. The lowest BCUT2D eigenvalue weighted by Gasteiger charge is -2.19. The van der Waals surface area contributed by atoms with Gasteiger partial charge in [-0.2, -0.15) is 0 Å². The van der Waals surface area contributed by atoms with Gasteiger partial charge in [0.25, 0.3) is 0 Å². The number of hydrazine groups is 1. The molecule has 3 heteroatoms. The van der Waals surface area contributed by atoms with Crippen molar-refractivity contribution in [2.75, 3.05) is 6.54 Å². The minimum Gasteiger partial charge on any atom is -0.382 e. The molecule has 0 bridgehead atoms. The van der Waals surface area contributed by atoms with Gasteiger partial charge in [0.05, 0.1) is 0 Å². The molecule has 2 rings (SSSR count). The molecule has 62 valence electrons. The Kier molecular flexibility index (Phi) is 1.36. The number of hydrogen-bond acceptors (Lipinski definition) is 3. The average molecular weight is 153 g/mol. The van der Waals surface area contributed by atoms with Crippen LogP contribution >= 0.6 is 0 Å². The molecule has 2 heterocycles. The van der Waals surface area contributed by atoms with E-state index in [2.05, 4.69) is 30.0 Å². The zero-order chi connectivity index (χ0) is 7.90. The minimum absolute atomic E-state index is 0.254. The van der Waals surface area contributed by atoms with Crippen LogP contribution in [-0.4, -0.2) is 12.1 Å². The fourth-order valence-corrected chi connectivity index (χ4v) is 1.77. The number of hydrogen-bond donors (Lipinski definition) is 3. The molecule has 0 unspecified atom stereocenters. The third kappa shape index (κ3) is 1.20. The second kappa shape index (κ2) is 2.14. The molecule has 0 amide bonds. The van der Waals surface area contributed by atoms with E-state index in [1.54, 1.807) is 0 Å². The molecule has 0 aromatic rings. The monoisotopic (exact) mass is 153 g/mol. The predicted octanol–water partition coefficient (Wildman–Crippen LogP) is 0.468. The van der Waals surface area contributed by atoms with Gasteiger partial charge in [0, 0.05) is 36.3 Å². The zero-order valence-electron chi connectivity index (χ0n) is 7.12. The highest BCUT2D eigenvalue weighted by molar-refractivity contribution is 5.23. The second-order valence-electron chi connectivity index (χ2n) is 3.94. The largest absolute Gasteiger partial charge is 0.382 e. The van der Waals surface area contributed by atoms with Crippen molar-refractivity contribution >= 4 is 0 Å². The zero-order valence-corrected chi connectivity index (χ0v) is 7.12. The fraction of sp³-hybridized carbons (Fsp3) is 0.750. The van der Waals surface area contributed by atoms with Gasteiger partial charge in [-0.15, -0.1) is 0 Å². The van der Waals surface area contributed by atoms with Crippen LogP contribution in [-0.2, 0) is 0 Å². The van der Waals surface area contributed by atoms with Gasteiger partial charge >= 0.3 is 0 Å². The first-order chi connectivity index (χ1) is 5.17. The summed E-state index contributed by atoms with van der Waals surface area (Å²) < 4.78 is 0. The summed E-state index contributed by atoms with van der Waals surface area (Å²) in [7, 11) is 0. The van der Waals surface area contributed by atoms with E-state index in [9.17, 15) is 0 Å². The number of rotatable bonds is 0. The van der Waals surface area contributed by atoms with Crippen LogP contribution in [0.25, 0.3) is 0 Å².